The first-order chi connectivity index (χ1) is 11.8. The second-order valence-corrected chi connectivity index (χ2v) is 8.51. The Morgan fingerprint density at radius 1 is 1.00 bits per heavy atom. The molecule has 0 spiro atoms. The minimum absolute atomic E-state index is 0.352. The molecule has 0 N–H and O–H groups in total. The van der Waals surface area contributed by atoms with Gasteiger partial charge in [0.2, 0.25) is 17.6 Å². The predicted molar refractivity (Wildman–Crippen MR) is 105 cm³/mol. The van der Waals surface area contributed by atoms with Crippen LogP contribution in [0.1, 0.15) is 90.4 Å². The molecule has 1 amide bonds. The number of hydrogen-bond donors (Lipinski definition) is 0. The van der Waals surface area contributed by atoms with Crippen LogP contribution in [0.2, 0.25) is 0 Å². The van der Waals surface area contributed by atoms with Gasteiger partial charge in [0.15, 0.2) is 6.54 Å². The maximum atomic E-state index is 11.8. The second-order valence-electron chi connectivity index (χ2n) is 7.34. The van der Waals surface area contributed by atoms with E-state index >= 15 is 0 Å². The van der Waals surface area contributed by atoms with E-state index in [4.69, 9.17) is 0 Å². The van der Waals surface area contributed by atoms with Crippen molar-refractivity contribution in [1.82, 2.24) is 4.90 Å². The summed E-state index contributed by atoms with van der Waals surface area (Å²) in [4.78, 5) is 13.8. The molecule has 0 atom stereocenters. The van der Waals surface area contributed by atoms with Crippen molar-refractivity contribution in [3.63, 3.8) is 0 Å². The maximum absolute atomic E-state index is 11.8. The number of nitrogens with zero attached hydrogens (tertiary/aromatic N) is 2. The summed E-state index contributed by atoms with van der Waals surface area (Å²) >= 11 is 2.02. The summed E-state index contributed by atoms with van der Waals surface area (Å²) in [5, 5.41) is 1.54. The lowest BCUT2D eigenvalue weighted by Gasteiger charge is -2.13. The molecule has 1 saturated heterocycles. The quantitative estimate of drug-likeness (QED) is 0.342. The van der Waals surface area contributed by atoms with Crippen LogP contribution < -0.4 is 0 Å². The van der Waals surface area contributed by atoms with Crippen LogP contribution in [-0.4, -0.2) is 45.9 Å². The zero-order valence-electron chi connectivity index (χ0n) is 15.7. The van der Waals surface area contributed by atoms with E-state index in [9.17, 15) is 4.79 Å². The molecule has 0 aromatic carbocycles. The van der Waals surface area contributed by atoms with Crippen molar-refractivity contribution in [2.75, 3.05) is 25.5 Å². The Morgan fingerprint density at radius 2 is 1.67 bits per heavy atom. The first-order valence-corrected chi connectivity index (χ1v) is 11.3. The van der Waals surface area contributed by atoms with Crippen LogP contribution in [0, 0.1) is 0 Å². The highest BCUT2D eigenvalue weighted by Crippen LogP contribution is 2.20. The molecular formula is C20H37N2OS+. The summed E-state index contributed by atoms with van der Waals surface area (Å²) in [5.41, 5.74) is 0. The molecule has 2 rings (SSSR count). The molecule has 2 aliphatic rings. The number of hydrogen-bond acceptors (Lipinski definition) is 2. The summed E-state index contributed by atoms with van der Waals surface area (Å²) in [7, 11) is 0. The Bertz CT molecular complexity index is 408. The van der Waals surface area contributed by atoms with Gasteiger partial charge in [-0.05, 0) is 12.8 Å². The number of carbonyl (C=O) groups excluding carboxylic acids is 1. The number of thioether (sulfide) groups is 1. The molecule has 2 aliphatic heterocycles. The Hall–Kier alpha value is -0.510. The lowest BCUT2D eigenvalue weighted by molar-refractivity contribution is -0.536. The topological polar surface area (TPSA) is 23.3 Å². The van der Waals surface area contributed by atoms with Crippen LogP contribution in [0.5, 0.6) is 0 Å². The van der Waals surface area contributed by atoms with Crippen LogP contribution in [0.25, 0.3) is 0 Å². The molecule has 2 heterocycles. The Labute approximate surface area is 153 Å². The molecule has 1 fully saturated rings. The lowest BCUT2D eigenvalue weighted by Crippen LogP contribution is -2.34. The van der Waals surface area contributed by atoms with Crippen molar-refractivity contribution < 1.29 is 9.37 Å². The molecule has 0 aliphatic carbocycles. The number of unbranched alkanes of at least 4 members (excludes halogenated alkanes) is 9. The van der Waals surface area contributed by atoms with Gasteiger partial charge in [-0.25, -0.2) is 4.58 Å². The molecular weight excluding hydrogens is 316 g/mol. The van der Waals surface area contributed by atoms with Gasteiger partial charge in [-0.1, -0.05) is 76.5 Å². The SMILES string of the molecule is CCCCCCCCCCCCC1=[N+](CN2CCCC2=O)CCS1. The van der Waals surface area contributed by atoms with Crippen molar-refractivity contribution in [2.45, 2.75) is 90.4 Å². The van der Waals surface area contributed by atoms with Crippen LogP contribution in [0.3, 0.4) is 0 Å². The van der Waals surface area contributed by atoms with Crippen molar-refractivity contribution in [1.29, 1.82) is 0 Å². The first kappa shape index (κ1) is 19.8. The fourth-order valence-corrected chi connectivity index (χ4v) is 4.86. The van der Waals surface area contributed by atoms with Gasteiger partial charge < -0.3 is 0 Å². The summed E-state index contributed by atoms with van der Waals surface area (Å²) < 4.78 is 2.46. The smallest absolute Gasteiger partial charge is 0.227 e. The van der Waals surface area contributed by atoms with E-state index in [0.29, 0.717) is 5.91 Å². The van der Waals surface area contributed by atoms with Crippen LogP contribution in [0.15, 0.2) is 0 Å². The van der Waals surface area contributed by atoms with Crippen molar-refractivity contribution in [3.8, 4) is 0 Å². The van der Waals surface area contributed by atoms with Gasteiger partial charge in [0, 0.05) is 19.4 Å². The molecule has 4 heteroatoms. The zero-order chi connectivity index (χ0) is 17.0. The van der Waals surface area contributed by atoms with Crippen LogP contribution in [0.4, 0.5) is 0 Å². The molecule has 0 bridgehead atoms. The third-order valence-corrected chi connectivity index (χ3v) is 6.42. The molecule has 24 heavy (non-hydrogen) atoms. The summed E-state index contributed by atoms with van der Waals surface area (Å²) in [6, 6.07) is 0. The molecule has 138 valence electrons. The van der Waals surface area contributed by atoms with Crippen LogP contribution in [-0.2, 0) is 4.79 Å². The van der Waals surface area contributed by atoms with E-state index < -0.39 is 0 Å². The molecule has 3 nitrogen and oxygen atoms in total. The lowest BCUT2D eigenvalue weighted by atomic mass is 10.1. The average Bonchev–Trinajstić information content (AvgIpc) is 3.19. The summed E-state index contributed by atoms with van der Waals surface area (Å²) in [5.74, 6) is 1.56. The molecule has 0 aromatic heterocycles. The largest absolute Gasteiger partial charge is 0.287 e. The Balaban J connectivity index is 1.52. The summed E-state index contributed by atoms with van der Waals surface area (Å²) in [6.45, 7) is 5.22. The van der Waals surface area contributed by atoms with E-state index in [2.05, 4.69) is 11.5 Å². The third-order valence-electron chi connectivity index (χ3n) is 5.24. The zero-order valence-corrected chi connectivity index (χ0v) is 16.5. The fourth-order valence-electron chi connectivity index (χ4n) is 3.69. The molecule has 0 unspecified atom stereocenters. The van der Waals surface area contributed by atoms with E-state index in [1.54, 1.807) is 0 Å². The molecule has 0 aromatic rings. The van der Waals surface area contributed by atoms with Gasteiger partial charge in [0.1, 0.15) is 0 Å². The predicted octanol–water partition coefficient (Wildman–Crippen LogP) is 5.04. The standard InChI is InChI=1S/C20H37N2OS/c1-2-3-4-5-6-7-8-9-10-11-14-20-22(16-17-24-20)18-21-15-12-13-19(21)23/h2-18H2,1H3/q+1. The van der Waals surface area contributed by atoms with E-state index in [1.807, 2.05) is 16.7 Å². The Kier molecular flexibility index (Phi) is 9.86. The van der Waals surface area contributed by atoms with E-state index in [-0.39, 0.29) is 0 Å². The minimum Gasteiger partial charge on any atom is -0.287 e. The third kappa shape index (κ3) is 7.16. The molecule has 0 radical (unpaired) electrons. The first-order valence-electron chi connectivity index (χ1n) is 10.3. The highest BCUT2D eigenvalue weighted by Gasteiger charge is 2.28. The maximum Gasteiger partial charge on any atom is 0.227 e. The average molecular weight is 354 g/mol. The minimum atomic E-state index is 0.352. The number of likely N-dealkylation sites (tertiary alicyclic amines) is 1. The number of amides is 1. The van der Waals surface area contributed by atoms with Crippen molar-refractivity contribution in [3.05, 3.63) is 0 Å². The van der Waals surface area contributed by atoms with Gasteiger partial charge in [0.25, 0.3) is 0 Å². The normalized spacial score (nSPS) is 18.2. The number of rotatable bonds is 13. The number of carbonyl (C=O) groups is 1. The van der Waals surface area contributed by atoms with Crippen LogP contribution >= 0.6 is 11.8 Å². The van der Waals surface area contributed by atoms with E-state index in [1.165, 1.54) is 81.4 Å². The highest BCUT2D eigenvalue weighted by atomic mass is 32.2. The van der Waals surface area contributed by atoms with Gasteiger partial charge in [-0.15, -0.1) is 0 Å². The van der Waals surface area contributed by atoms with Crippen molar-refractivity contribution in [2.24, 2.45) is 0 Å². The highest BCUT2D eigenvalue weighted by molar-refractivity contribution is 8.13. The summed E-state index contributed by atoms with van der Waals surface area (Å²) in [6.07, 6.45) is 17.0. The molecule has 0 saturated carbocycles. The fraction of sp³-hybridized carbons (Fsp3) is 0.900. The Morgan fingerprint density at radius 3 is 2.29 bits per heavy atom. The van der Waals surface area contributed by atoms with Gasteiger partial charge >= 0.3 is 0 Å². The van der Waals surface area contributed by atoms with Gasteiger partial charge in [0.05, 0.1) is 5.75 Å². The monoisotopic (exact) mass is 353 g/mol. The van der Waals surface area contributed by atoms with Crippen molar-refractivity contribution >= 4 is 22.7 Å². The van der Waals surface area contributed by atoms with Gasteiger partial charge in [-0.2, -0.15) is 0 Å². The second kappa shape index (κ2) is 11.9. The van der Waals surface area contributed by atoms with Gasteiger partial charge in [-0.3, -0.25) is 9.69 Å². The van der Waals surface area contributed by atoms with E-state index in [0.717, 1.165) is 32.6 Å².